The Kier molecular flexibility index (Phi) is 4.29. The van der Waals surface area contributed by atoms with Crippen molar-refractivity contribution in [3.63, 3.8) is 0 Å². The van der Waals surface area contributed by atoms with Crippen LogP contribution in [0.2, 0.25) is 0 Å². The second kappa shape index (κ2) is 6.25. The molecule has 0 saturated heterocycles. The predicted molar refractivity (Wildman–Crippen MR) is 89.4 cm³/mol. The van der Waals surface area contributed by atoms with Crippen LogP contribution in [0.25, 0.3) is 11.3 Å². The normalized spacial score (nSPS) is 18.9. The van der Waals surface area contributed by atoms with Gasteiger partial charge in [-0.25, -0.2) is 19.4 Å². The van der Waals surface area contributed by atoms with Crippen LogP contribution >= 0.6 is 0 Å². The van der Waals surface area contributed by atoms with Crippen LogP contribution in [0, 0.1) is 0 Å². The molecule has 11 heteroatoms. The number of rotatable bonds is 5. The zero-order valence-corrected chi connectivity index (χ0v) is 14.3. The molecule has 3 rings (SSSR count). The standard InChI is InChI=1S/C17H14N2O9/c1-5(20)4-17(28)12-10(6(14(22)23)2-9(19-12)16(26)27)11-7(13(17)21)3-8(18-11)15(24)25/h2-3,5,18,20,28H,4H2,1H3,(H,22,23)(H,24,25)(H,26,27). The van der Waals surface area contributed by atoms with Crippen LogP contribution < -0.4 is 0 Å². The van der Waals surface area contributed by atoms with Crippen molar-refractivity contribution in [3.05, 3.63) is 40.3 Å². The highest BCUT2D eigenvalue weighted by Crippen LogP contribution is 2.45. The SMILES string of the molecule is CC(O)CC1(O)C(=O)c2cc(C(=O)O)[nH]c2-c2c(C(=O)O)cc(C(=O)O)nc21. The molecule has 2 heterocycles. The molecular weight excluding hydrogens is 376 g/mol. The summed E-state index contributed by atoms with van der Waals surface area (Å²) in [5.41, 5.74) is -5.74. The van der Waals surface area contributed by atoms with E-state index in [0.717, 1.165) is 12.1 Å². The smallest absolute Gasteiger partial charge is 0.354 e. The van der Waals surface area contributed by atoms with Gasteiger partial charge in [0.05, 0.1) is 23.1 Å². The molecule has 1 aliphatic carbocycles. The van der Waals surface area contributed by atoms with Crippen LogP contribution in [-0.2, 0) is 5.60 Å². The van der Waals surface area contributed by atoms with Gasteiger partial charge in [-0.15, -0.1) is 0 Å². The fourth-order valence-electron chi connectivity index (χ4n) is 3.27. The molecule has 1 aliphatic rings. The van der Waals surface area contributed by atoms with E-state index in [9.17, 15) is 44.7 Å². The molecule has 0 spiro atoms. The number of aromatic amines is 1. The number of hydrogen-bond donors (Lipinski definition) is 6. The molecule has 28 heavy (non-hydrogen) atoms. The second-order valence-electron chi connectivity index (χ2n) is 6.41. The van der Waals surface area contributed by atoms with Gasteiger partial charge in [-0.05, 0) is 19.1 Å². The summed E-state index contributed by atoms with van der Waals surface area (Å²) in [5, 5.41) is 48.7. The average Bonchev–Trinajstić information content (AvgIpc) is 3.03. The van der Waals surface area contributed by atoms with Crippen molar-refractivity contribution in [2.45, 2.75) is 25.0 Å². The van der Waals surface area contributed by atoms with E-state index in [1.165, 1.54) is 6.92 Å². The van der Waals surface area contributed by atoms with Gasteiger partial charge in [-0.2, -0.15) is 0 Å². The number of Topliss-reactive ketones (excluding diaryl/α,β-unsaturated/α-hetero) is 1. The zero-order valence-electron chi connectivity index (χ0n) is 14.3. The topological polar surface area (TPSA) is 198 Å². The first-order valence-electron chi connectivity index (χ1n) is 7.91. The summed E-state index contributed by atoms with van der Waals surface area (Å²) in [6, 6.07) is 1.68. The van der Waals surface area contributed by atoms with Crippen LogP contribution in [0.4, 0.5) is 0 Å². The predicted octanol–water partition coefficient (Wildman–Crippen LogP) is 0.326. The van der Waals surface area contributed by atoms with Gasteiger partial charge in [0, 0.05) is 17.5 Å². The summed E-state index contributed by atoms with van der Waals surface area (Å²) < 4.78 is 0. The number of carboxylic acid groups (broad SMARTS) is 3. The Morgan fingerprint density at radius 1 is 1.14 bits per heavy atom. The number of pyridine rings is 1. The van der Waals surface area contributed by atoms with Crippen molar-refractivity contribution in [2.24, 2.45) is 0 Å². The van der Waals surface area contributed by atoms with E-state index >= 15 is 0 Å². The van der Waals surface area contributed by atoms with Crippen molar-refractivity contribution in [2.75, 3.05) is 0 Å². The van der Waals surface area contributed by atoms with E-state index in [2.05, 4.69) is 9.97 Å². The van der Waals surface area contributed by atoms with Crippen LogP contribution in [0.15, 0.2) is 12.1 Å². The van der Waals surface area contributed by atoms with Gasteiger partial charge < -0.3 is 30.5 Å². The summed E-state index contributed by atoms with van der Waals surface area (Å²) in [7, 11) is 0. The van der Waals surface area contributed by atoms with E-state index < -0.39 is 64.5 Å². The first kappa shape index (κ1) is 19.2. The number of H-pyrrole nitrogens is 1. The van der Waals surface area contributed by atoms with Crippen molar-refractivity contribution < 1.29 is 44.7 Å². The number of nitrogens with one attached hydrogen (secondary N) is 1. The molecule has 2 aromatic rings. The van der Waals surface area contributed by atoms with Gasteiger partial charge in [-0.1, -0.05) is 0 Å². The molecule has 0 radical (unpaired) electrons. The lowest BCUT2D eigenvalue weighted by Gasteiger charge is -2.33. The van der Waals surface area contributed by atoms with Crippen molar-refractivity contribution in [1.82, 2.24) is 9.97 Å². The Labute approximate surface area is 155 Å². The Morgan fingerprint density at radius 2 is 1.79 bits per heavy atom. The van der Waals surface area contributed by atoms with Gasteiger partial charge in [0.1, 0.15) is 11.4 Å². The van der Waals surface area contributed by atoms with Crippen LogP contribution in [0.1, 0.15) is 60.7 Å². The molecule has 0 aliphatic heterocycles. The Bertz CT molecular complexity index is 1050. The highest BCUT2D eigenvalue weighted by molar-refractivity contribution is 6.15. The van der Waals surface area contributed by atoms with E-state index in [-0.39, 0.29) is 16.8 Å². The quantitative estimate of drug-likeness (QED) is 0.413. The Morgan fingerprint density at radius 3 is 2.29 bits per heavy atom. The summed E-state index contributed by atoms with van der Waals surface area (Å²) in [6.45, 7) is 1.26. The minimum Gasteiger partial charge on any atom is -0.478 e. The molecule has 0 saturated carbocycles. The minimum absolute atomic E-state index is 0.213. The zero-order chi connectivity index (χ0) is 21.0. The first-order valence-corrected chi connectivity index (χ1v) is 7.91. The first-order chi connectivity index (χ1) is 13.0. The Hall–Kier alpha value is -3.57. The maximum absolute atomic E-state index is 12.9. The van der Waals surface area contributed by atoms with Crippen LogP contribution in [0.5, 0.6) is 0 Å². The van der Waals surface area contributed by atoms with E-state index in [1.54, 1.807) is 0 Å². The maximum atomic E-state index is 12.9. The van der Waals surface area contributed by atoms with Gasteiger partial charge >= 0.3 is 17.9 Å². The molecular formula is C17H14N2O9. The molecule has 2 unspecified atom stereocenters. The molecule has 11 nitrogen and oxygen atoms in total. The molecule has 0 fully saturated rings. The number of aliphatic hydroxyl groups excluding tert-OH is 1. The van der Waals surface area contributed by atoms with E-state index in [0.29, 0.717) is 0 Å². The second-order valence-corrected chi connectivity index (χ2v) is 6.41. The molecule has 0 bridgehead atoms. The summed E-state index contributed by atoms with van der Waals surface area (Å²) in [4.78, 5) is 53.5. The fourth-order valence-corrected chi connectivity index (χ4v) is 3.27. The molecule has 0 amide bonds. The molecule has 0 aromatic carbocycles. The summed E-state index contributed by atoms with van der Waals surface area (Å²) in [5.74, 6) is -5.64. The molecule has 146 valence electrons. The number of aromatic nitrogens is 2. The lowest BCUT2D eigenvalue weighted by molar-refractivity contribution is -0.00193. The number of fused-ring (bicyclic) bond motifs is 3. The number of hydrogen-bond acceptors (Lipinski definition) is 7. The van der Waals surface area contributed by atoms with Gasteiger partial charge in [0.15, 0.2) is 5.60 Å². The Balaban J connectivity index is 2.47. The lowest BCUT2D eigenvalue weighted by atomic mass is 9.76. The molecule has 2 aromatic heterocycles. The van der Waals surface area contributed by atoms with Crippen molar-refractivity contribution >= 4 is 23.7 Å². The molecule has 2 atom stereocenters. The van der Waals surface area contributed by atoms with Crippen LogP contribution in [0.3, 0.4) is 0 Å². The third-order valence-corrected chi connectivity index (χ3v) is 4.37. The number of ketones is 1. The van der Waals surface area contributed by atoms with Crippen LogP contribution in [-0.4, -0.2) is 65.3 Å². The highest BCUT2D eigenvalue weighted by Gasteiger charge is 2.49. The van der Waals surface area contributed by atoms with Gasteiger partial charge in [-0.3, -0.25) is 4.79 Å². The van der Waals surface area contributed by atoms with Crippen molar-refractivity contribution in [3.8, 4) is 11.3 Å². The lowest BCUT2D eigenvalue weighted by Crippen LogP contribution is -2.43. The number of carbonyl (C=O) groups is 4. The van der Waals surface area contributed by atoms with E-state index in [4.69, 9.17) is 0 Å². The van der Waals surface area contributed by atoms with Crippen molar-refractivity contribution in [1.29, 1.82) is 0 Å². The third-order valence-electron chi connectivity index (χ3n) is 4.37. The number of aliphatic hydroxyl groups is 2. The highest BCUT2D eigenvalue weighted by atomic mass is 16.4. The summed E-state index contributed by atoms with van der Waals surface area (Å²) in [6.07, 6.45) is -1.86. The fraction of sp³-hybridized carbons (Fsp3) is 0.235. The third kappa shape index (κ3) is 2.73. The largest absolute Gasteiger partial charge is 0.478 e. The average molecular weight is 390 g/mol. The molecule has 6 N–H and O–H groups in total. The minimum atomic E-state index is -2.55. The number of carboxylic acids is 3. The number of carbonyl (C=O) groups excluding carboxylic acids is 1. The number of nitrogens with zero attached hydrogens (tertiary/aromatic N) is 1. The summed E-state index contributed by atoms with van der Waals surface area (Å²) >= 11 is 0. The van der Waals surface area contributed by atoms with E-state index in [1.807, 2.05) is 0 Å². The monoisotopic (exact) mass is 390 g/mol. The number of aromatic carboxylic acids is 3. The van der Waals surface area contributed by atoms with Gasteiger partial charge in [0.2, 0.25) is 5.78 Å². The maximum Gasteiger partial charge on any atom is 0.354 e. The van der Waals surface area contributed by atoms with Gasteiger partial charge in [0.25, 0.3) is 0 Å².